The molecule has 8 heteroatoms. The molecule has 1 aromatic rings. The second-order valence-corrected chi connectivity index (χ2v) is 7.71. The number of hydrazine groups is 1. The predicted octanol–water partition coefficient (Wildman–Crippen LogP) is 2.24. The summed E-state index contributed by atoms with van der Waals surface area (Å²) in [7, 11) is 0. The molecule has 6 atom stereocenters. The van der Waals surface area contributed by atoms with Gasteiger partial charge in [0.15, 0.2) is 0 Å². The maximum absolute atomic E-state index is 12.6. The monoisotopic (exact) mass is 364 g/mol. The zero-order chi connectivity index (χ0) is 18.4. The molecule has 3 aliphatic carbocycles. The maximum Gasteiger partial charge on any atom is 0.416 e. The first-order chi connectivity index (χ1) is 12.3. The smallest absolute Gasteiger partial charge is 0.272 e. The van der Waals surface area contributed by atoms with Crippen LogP contribution in [0.25, 0.3) is 0 Å². The van der Waals surface area contributed by atoms with Gasteiger partial charge in [-0.1, -0.05) is 0 Å². The van der Waals surface area contributed by atoms with E-state index in [1.807, 2.05) is 0 Å². The Morgan fingerprint density at radius 1 is 0.923 bits per heavy atom. The molecule has 5 rings (SSSR count). The Morgan fingerprint density at radius 3 is 1.92 bits per heavy atom. The number of rotatable bonds is 2. The fraction of sp³-hybridized carbons (Fsp3) is 0.500. The lowest BCUT2D eigenvalue weighted by molar-refractivity contribution is -0.143. The highest BCUT2D eigenvalue weighted by Gasteiger charge is 2.72. The van der Waals surface area contributed by atoms with Crippen molar-refractivity contribution < 1.29 is 27.6 Å². The average molecular weight is 364 g/mol. The van der Waals surface area contributed by atoms with Gasteiger partial charge in [0.2, 0.25) is 0 Å². The Labute approximate surface area is 146 Å². The fourth-order valence-electron chi connectivity index (χ4n) is 5.41. The average Bonchev–Trinajstić information content (AvgIpc) is 3.13. The number of carbonyl (C=O) groups is 3. The highest BCUT2D eigenvalue weighted by Crippen LogP contribution is 2.71. The Bertz CT molecular complexity index is 803. The second kappa shape index (κ2) is 4.86. The van der Waals surface area contributed by atoms with Crippen LogP contribution in [-0.4, -0.2) is 22.7 Å². The zero-order valence-corrected chi connectivity index (χ0v) is 13.5. The Kier molecular flexibility index (Phi) is 2.96. The SMILES string of the molecule is O=C(NN1C(=O)C2C3CC(C4CC43)C2C1=O)c1ccc(C(F)(F)F)cc1. The van der Waals surface area contributed by atoms with Gasteiger partial charge in [-0.3, -0.25) is 19.8 Å². The van der Waals surface area contributed by atoms with Crippen molar-refractivity contribution in [2.24, 2.45) is 35.5 Å². The van der Waals surface area contributed by atoms with E-state index < -0.39 is 17.6 Å². The van der Waals surface area contributed by atoms with Crippen LogP contribution in [0.1, 0.15) is 28.8 Å². The van der Waals surface area contributed by atoms with Gasteiger partial charge in [0, 0.05) is 5.56 Å². The molecule has 3 amide bonds. The molecule has 1 N–H and O–H groups in total. The molecule has 136 valence electrons. The normalized spacial score (nSPS) is 37.0. The number of hydrogen-bond donors (Lipinski definition) is 1. The second-order valence-electron chi connectivity index (χ2n) is 7.71. The van der Waals surface area contributed by atoms with Gasteiger partial charge in [0.25, 0.3) is 17.7 Å². The van der Waals surface area contributed by atoms with Gasteiger partial charge in [-0.25, -0.2) is 0 Å². The summed E-state index contributed by atoms with van der Waals surface area (Å²) in [5, 5.41) is 0.791. The summed E-state index contributed by atoms with van der Waals surface area (Å²) in [6, 6.07) is 3.65. The van der Waals surface area contributed by atoms with Crippen LogP contribution in [0.5, 0.6) is 0 Å². The lowest BCUT2D eigenvalue weighted by Crippen LogP contribution is -2.47. The van der Waals surface area contributed by atoms with Crippen molar-refractivity contribution in [3.63, 3.8) is 0 Å². The Balaban J connectivity index is 1.33. The molecule has 0 radical (unpaired) electrons. The van der Waals surface area contributed by atoms with Crippen molar-refractivity contribution in [1.29, 1.82) is 0 Å². The molecule has 6 unspecified atom stereocenters. The Hall–Kier alpha value is -2.38. The summed E-state index contributed by atoms with van der Waals surface area (Å²) in [5.74, 6) is -0.645. The third-order valence-electron chi connectivity index (χ3n) is 6.54. The summed E-state index contributed by atoms with van der Waals surface area (Å²) in [6.07, 6.45) is -2.48. The number of fused-ring (bicyclic) bond motifs is 8. The van der Waals surface area contributed by atoms with E-state index in [2.05, 4.69) is 5.43 Å². The van der Waals surface area contributed by atoms with Gasteiger partial charge in [-0.05, 0) is 60.8 Å². The molecule has 1 heterocycles. The number of nitrogens with zero attached hydrogens (tertiary/aromatic N) is 1. The van der Waals surface area contributed by atoms with Gasteiger partial charge < -0.3 is 0 Å². The molecule has 1 saturated heterocycles. The number of carbonyl (C=O) groups excluding carboxylic acids is 3. The van der Waals surface area contributed by atoms with Crippen molar-refractivity contribution in [3.05, 3.63) is 35.4 Å². The van der Waals surface area contributed by atoms with E-state index in [1.165, 1.54) is 0 Å². The van der Waals surface area contributed by atoms with E-state index in [1.54, 1.807) is 0 Å². The van der Waals surface area contributed by atoms with Crippen molar-refractivity contribution in [3.8, 4) is 0 Å². The maximum atomic E-state index is 12.6. The third-order valence-corrected chi connectivity index (χ3v) is 6.54. The van der Waals surface area contributed by atoms with Crippen molar-refractivity contribution in [1.82, 2.24) is 10.4 Å². The molecule has 1 aromatic carbocycles. The summed E-state index contributed by atoms with van der Waals surface area (Å²) in [6.45, 7) is 0. The van der Waals surface area contributed by atoms with Crippen molar-refractivity contribution in [2.75, 3.05) is 0 Å². The van der Waals surface area contributed by atoms with Crippen LogP contribution in [-0.2, 0) is 15.8 Å². The van der Waals surface area contributed by atoms with E-state index >= 15 is 0 Å². The number of nitrogens with one attached hydrogen (secondary N) is 1. The number of benzene rings is 1. The van der Waals surface area contributed by atoms with E-state index in [4.69, 9.17) is 0 Å². The highest BCUT2D eigenvalue weighted by molar-refractivity contribution is 6.08. The van der Waals surface area contributed by atoms with E-state index in [0.29, 0.717) is 11.8 Å². The van der Waals surface area contributed by atoms with Crippen LogP contribution in [0.4, 0.5) is 13.2 Å². The molecule has 0 aromatic heterocycles. The van der Waals surface area contributed by atoms with E-state index in [9.17, 15) is 27.6 Å². The minimum atomic E-state index is -4.49. The lowest BCUT2D eigenvalue weighted by Gasteiger charge is -2.19. The lowest BCUT2D eigenvalue weighted by atomic mass is 9.81. The van der Waals surface area contributed by atoms with Gasteiger partial charge in [0.1, 0.15) is 0 Å². The largest absolute Gasteiger partial charge is 0.416 e. The number of halogens is 3. The van der Waals surface area contributed by atoms with Crippen molar-refractivity contribution >= 4 is 17.7 Å². The zero-order valence-electron chi connectivity index (χ0n) is 13.5. The summed E-state index contributed by atoms with van der Waals surface area (Å²) in [5.41, 5.74) is 1.39. The molecular weight excluding hydrogens is 349 g/mol. The van der Waals surface area contributed by atoms with Crippen LogP contribution in [0.3, 0.4) is 0 Å². The number of amides is 3. The number of hydrogen-bond acceptors (Lipinski definition) is 3. The quantitative estimate of drug-likeness (QED) is 0.819. The minimum absolute atomic E-state index is 0.0403. The van der Waals surface area contributed by atoms with Crippen molar-refractivity contribution in [2.45, 2.75) is 19.0 Å². The first kappa shape index (κ1) is 15.8. The fourth-order valence-corrected chi connectivity index (χ4v) is 5.41. The molecular formula is C18H15F3N2O3. The Morgan fingerprint density at radius 2 is 1.42 bits per heavy atom. The molecule has 26 heavy (non-hydrogen) atoms. The van der Waals surface area contributed by atoms with E-state index in [-0.39, 0.29) is 41.0 Å². The molecule has 0 spiro atoms. The topological polar surface area (TPSA) is 66.5 Å². The summed E-state index contributed by atoms with van der Waals surface area (Å²) in [4.78, 5) is 37.6. The molecule has 5 nitrogen and oxygen atoms in total. The van der Waals surface area contributed by atoms with E-state index in [0.717, 1.165) is 42.1 Å². The highest BCUT2D eigenvalue weighted by atomic mass is 19.4. The minimum Gasteiger partial charge on any atom is -0.272 e. The van der Waals surface area contributed by atoms with Crippen LogP contribution in [0.15, 0.2) is 24.3 Å². The molecule has 4 aliphatic rings. The molecule has 1 aliphatic heterocycles. The van der Waals surface area contributed by atoms with Gasteiger partial charge in [-0.2, -0.15) is 18.2 Å². The molecule has 3 saturated carbocycles. The van der Waals surface area contributed by atoms with Gasteiger partial charge in [-0.15, -0.1) is 0 Å². The van der Waals surface area contributed by atoms with Crippen LogP contribution < -0.4 is 5.43 Å². The predicted molar refractivity (Wildman–Crippen MR) is 80.9 cm³/mol. The van der Waals surface area contributed by atoms with Crippen LogP contribution in [0, 0.1) is 35.5 Å². The first-order valence-electron chi connectivity index (χ1n) is 8.63. The first-order valence-corrected chi connectivity index (χ1v) is 8.63. The summed E-state index contributed by atoms with van der Waals surface area (Å²) >= 11 is 0. The molecule has 2 bridgehead atoms. The molecule has 4 fully saturated rings. The number of imide groups is 1. The third kappa shape index (κ3) is 2.01. The summed E-state index contributed by atoms with van der Waals surface area (Å²) < 4.78 is 37.8. The van der Waals surface area contributed by atoms with Gasteiger partial charge >= 0.3 is 6.18 Å². The number of alkyl halides is 3. The van der Waals surface area contributed by atoms with Gasteiger partial charge in [0.05, 0.1) is 17.4 Å². The standard InChI is InChI=1S/C18H15F3N2O3/c19-18(20,21)8-3-1-7(2-4-8)15(24)22-23-16(25)13-11-6-12(10-5-9(10)11)14(13)17(23)26/h1-4,9-14H,5-6H2,(H,22,24). The van der Waals surface area contributed by atoms with Crippen LogP contribution in [0.2, 0.25) is 0 Å². The van der Waals surface area contributed by atoms with Crippen LogP contribution >= 0.6 is 0 Å².